The molecular weight excluding hydrogens is 393 g/mol. The van der Waals surface area contributed by atoms with Gasteiger partial charge in [0.25, 0.3) is 5.91 Å². The van der Waals surface area contributed by atoms with Crippen LogP contribution < -0.4 is 10.1 Å². The lowest BCUT2D eigenvalue weighted by atomic mass is 10.1. The highest BCUT2D eigenvalue weighted by Crippen LogP contribution is 2.31. The van der Waals surface area contributed by atoms with Gasteiger partial charge in [0.1, 0.15) is 0 Å². The lowest BCUT2D eigenvalue weighted by molar-refractivity contribution is -0.137. The Balaban J connectivity index is 1.70. The molecule has 1 heterocycles. The number of aromatic hydroxyl groups is 1. The van der Waals surface area contributed by atoms with Crippen LogP contribution in [-0.2, 0) is 12.6 Å². The second-order valence-corrected chi connectivity index (χ2v) is 6.96. The molecular formula is C19H15F3N2O3S. The highest BCUT2D eigenvalue weighted by Gasteiger charge is 2.30. The van der Waals surface area contributed by atoms with Crippen LogP contribution in [0.3, 0.4) is 0 Å². The number of benzene rings is 2. The van der Waals surface area contributed by atoms with Gasteiger partial charge in [0, 0.05) is 23.1 Å². The predicted octanol–water partition coefficient (Wildman–Crippen LogP) is 4.72. The number of phenols is 1. The standard InChI is InChI=1S/C19H15F3N2O3S/c1-27-16-9-12(5-6-15(16)25)17(26)24-18-23-10-14(28-18)8-11-3-2-4-13(7-11)19(20,21)22/h2-7,9-10,25H,8H2,1H3,(H,23,24,26). The van der Waals surface area contributed by atoms with Gasteiger partial charge in [-0.05, 0) is 29.8 Å². The molecule has 0 aliphatic rings. The van der Waals surface area contributed by atoms with Gasteiger partial charge in [0.05, 0.1) is 12.7 Å². The summed E-state index contributed by atoms with van der Waals surface area (Å²) in [6, 6.07) is 9.26. The molecule has 146 valence electrons. The first-order valence-corrected chi connectivity index (χ1v) is 8.87. The van der Waals surface area contributed by atoms with Crippen LogP contribution >= 0.6 is 11.3 Å². The zero-order valence-corrected chi connectivity index (χ0v) is 15.4. The third-order valence-corrected chi connectivity index (χ3v) is 4.76. The number of phenolic OH excluding ortho intramolecular Hbond substituents is 1. The van der Waals surface area contributed by atoms with Crippen molar-refractivity contribution in [3.05, 3.63) is 70.2 Å². The molecule has 0 unspecified atom stereocenters. The molecule has 28 heavy (non-hydrogen) atoms. The molecule has 0 aliphatic heterocycles. The maximum atomic E-state index is 12.8. The van der Waals surface area contributed by atoms with E-state index in [9.17, 15) is 23.1 Å². The number of carbonyl (C=O) groups excluding carboxylic acids is 1. The smallest absolute Gasteiger partial charge is 0.416 e. The van der Waals surface area contributed by atoms with Crippen molar-refractivity contribution in [3.63, 3.8) is 0 Å². The molecule has 0 aliphatic carbocycles. The number of thiazole rings is 1. The van der Waals surface area contributed by atoms with E-state index in [2.05, 4.69) is 10.3 Å². The first-order chi connectivity index (χ1) is 13.3. The topological polar surface area (TPSA) is 71.5 Å². The number of ether oxygens (including phenoxy) is 1. The van der Waals surface area contributed by atoms with Crippen molar-refractivity contribution in [1.82, 2.24) is 4.98 Å². The van der Waals surface area contributed by atoms with E-state index in [0.717, 1.165) is 12.1 Å². The third kappa shape index (κ3) is 4.61. The van der Waals surface area contributed by atoms with Gasteiger partial charge in [0.2, 0.25) is 0 Å². The largest absolute Gasteiger partial charge is 0.504 e. The lowest BCUT2D eigenvalue weighted by Crippen LogP contribution is -2.11. The maximum Gasteiger partial charge on any atom is 0.416 e. The van der Waals surface area contributed by atoms with E-state index in [4.69, 9.17) is 4.74 Å². The zero-order chi connectivity index (χ0) is 20.3. The fourth-order valence-electron chi connectivity index (χ4n) is 2.49. The summed E-state index contributed by atoms with van der Waals surface area (Å²) in [5, 5.41) is 12.5. The van der Waals surface area contributed by atoms with Crippen LogP contribution in [0.5, 0.6) is 11.5 Å². The number of carbonyl (C=O) groups is 1. The Morgan fingerprint density at radius 2 is 2.04 bits per heavy atom. The van der Waals surface area contributed by atoms with E-state index < -0.39 is 17.6 Å². The first-order valence-electron chi connectivity index (χ1n) is 8.05. The first kappa shape index (κ1) is 19.7. The molecule has 0 fully saturated rings. The minimum Gasteiger partial charge on any atom is -0.504 e. The van der Waals surface area contributed by atoms with Crippen LogP contribution in [0, 0.1) is 0 Å². The summed E-state index contributed by atoms with van der Waals surface area (Å²) >= 11 is 1.17. The monoisotopic (exact) mass is 408 g/mol. The quantitative estimate of drug-likeness (QED) is 0.641. The number of nitrogens with one attached hydrogen (secondary N) is 1. The molecule has 0 saturated heterocycles. The molecule has 3 aromatic rings. The Kier molecular flexibility index (Phi) is 5.55. The van der Waals surface area contributed by atoms with Gasteiger partial charge in [-0.25, -0.2) is 4.98 Å². The molecule has 5 nitrogen and oxygen atoms in total. The average molecular weight is 408 g/mol. The third-order valence-electron chi connectivity index (χ3n) is 3.85. The number of amides is 1. The van der Waals surface area contributed by atoms with Gasteiger partial charge in [-0.15, -0.1) is 11.3 Å². The second-order valence-electron chi connectivity index (χ2n) is 5.85. The Bertz CT molecular complexity index is 1000. The van der Waals surface area contributed by atoms with Gasteiger partial charge in [-0.3, -0.25) is 10.1 Å². The molecule has 3 rings (SSSR count). The van der Waals surface area contributed by atoms with Crippen LogP contribution in [0.1, 0.15) is 26.4 Å². The minimum atomic E-state index is -4.39. The normalized spacial score (nSPS) is 11.3. The van der Waals surface area contributed by atoms with Crippen molar-refractivity contribution < 1.29 is 27.8 Å². The Morgan fingerprint density at radius 1 is 1.25 bits per heavy atom. The fraction of sp³-hybridized carbons (Fsp3) is 0.158. The number of rotatable bonds is 5. The Labute approximate surface area is 162 Å². The lowest BCUT2D eigenvalue weighted by Gasteiger charge is -2.08. The number of alkyl halides is 3. The molecule has 2 aromatic carbocycles. The van der Waals surface area contributed by atoms with Crippen LogP contribution in [-0.4, -0.2) is 23.1 Å². The summed E-state index contributed by atoms with van der Waals surface area (Å²) in [4.78, 5) is 17.1. The molecule has 1 aromatic heterocycles. The fourth-order valence-corrected chi connectivity index (χ4v) is 3.34. The van der Waals surface area contributed by atoms with Gasteiger partial charge in [0.15, 0.2) is 16.6 Å². The van der Waals surface area contributed by atoms with E-state index in [-0.39, 0.29) is 23.5 Å². The highest BCUT2D eigenvalue weighted by atomic mass is 32.1. The van der Waals surface area contributed by atoms with Crippen LogP contribution in [0.2, 0.25) is 0 Å². The van der Waals surface area contributed by atoms with Gasteiger partial charge < -0.3 is 9.84 Å². The van der Waals surface area contributed by atoms with Crippen molar-refractivity contribution >= 4 is 22.4 Å². The molecule has 2 N–H and O–H groups in total. The van der Waals surface area contributed by atoms with E-state index in [1.807, 2.05) is 0 Å². The van der Waals surface area contributed by atoms with Crippen molar-refractivity contribution in [2.45, 2.75) is 12.6 Å². The number of hydrogen-bond acceptors (Lipinski definition) is 5. The molecule has 0 bridgehead atoms. The van der Waals surface area contributed by atoms with Gasteiger partial charge in [-0.2, -0.15) is 13.2 Å². The molecule has 0 radical (unpaired) electrons. The summed E-state index contributed by atoms with van der Waals surface area (Å²) < 4.78 is 43.4. The summed E-state index contributed by atoms with van der Waals surface area (Å²) in [6.45, 7) is 0. The molecule has 0 atom stereocenters. The van der Waals surface area contributed by atoms with E-state index in [1.54, 1.807) is 6.07 Å². The molecule has 0 spiro atoms. The van der Waals surface area contributed by atoms with Crippen LogP contribution in [0.15, 0.2) is 48.7 Å². The summed E-state index contributed by atoms with van der Waals surface area (Å²) in [6.07, 6.45) is -2.61. The van der Waals surface area contributed by atoms with E-state index in [0.29, 0.717) is 15.6 Å². The van der Waals surface area contributed by atoms with E-state index >= 15 is 0 Å². The number of methoxy groups -OCH3 is 1. The number of aromatic nitrogens is 1. The number of hydrogen-bond donors (Lipinski definition) is 2. The second kappa shape index (κ2) is 7.89. The predicted molar refractivity (Wildman–Crippen MR) is 99.0 cm³/mol. The van der Waals surface area contributed by atoms with Crippen LogP contribution in [0.25, 0.3) is 0 Å². The minimum absolute atomic E-state index is 0.0864. The zero-order valence-electron chi connectivity index (χ0n) is 14.6. The molecule has 0 saturated carbocycles. The van der Waals surface area contributed by atoms with Gasteiger partial charge in [-0.1, -0.05) is 18.2 Å². The maximum absolute atomic E-state index is 12.8. The summed E-state index contributed by atoms with van der Waals surface area (Å²) in [7, 11) is 1.37. The SMILES string of the molecule is COc1cc(C(=O)Nc2ncc(Cc3cccc(C(F)(F)F)c3)s2)ccc1O. The van der Waals surface area contributed by atoms with Crippen molar-refractivity contribution in [3.8, 4) is 11.5 Å². The summed E-state index contributed by atoms with van der Waals surface area (Å²) in [5.74, 6) is -0.369. The average Bonchev–Trinajstić information content (AvgIpc) is 3.08. The number of halogens is 3. The van der Waals surface area contributed by atoms with Crippen molar-refractivity contribution in [1.29, 1.82) is 0 Å². The van der Waals surface area contributed by atoms with Gasteiger partial charge >= 0.3 is 6.18 Å². The number of nitrogens with zero attached hydrogens (tertiary/aromatic N) is 1. The summed E-state index contributed by atoms with van der Waals surface area (Å²) in [5.41, 5.74) is 0.0632. The Hall–Kier alpha value is -3.07. The van der Waals surface area contributed by atoms with Crippen molar-refractivity contribution in [2.75, 3.05) is 12.4 Å². The number of anilines is 1. The Morgan fingerprint density at radius 3 is 2.75 bits per heavy atom. The molecule has 9 heteroatoms. The van der Waals surface area contributed by atoms with Crippen LogP contribution in [0.4, 0.5) is 18.3 Å². The van der Waals surface area contributed by atoms with Crippen molar-refractivity contribution in [2.24, 2.45) is 0 Å². The van der Waals surface area contributed by atoms with E-state index in [1.165, 1.54) is 48.9 Å². The molecule has 1 amide bonds. The highest BCUT2D eigenvalue weighted by molar-refractivity contribution is 7.15.